The van der Waals surface area contributed by atoms with Crippen molar-refractivity contribution in [2.45, 2.75) is 39.5 Å². The van der Waals surface area contributed by atoms with Crippen LogP contribution in [0.5, 0.6) is 0 Å². The normalized spacial score (nSPS) is 17.4. The molecule has 1 fully saturated rings. The van der Waals surface area contributed by atoms with Crippen LogP contribution < -0.4 is 10.2 Å². The van der Waals surface area contributed by atoms with Crippen LogP contribution in [0.3, 0.4) is 0 Å². The number of para-hydroxylation sites is 1. The number of amides is 2. The maximum Gasteiger partial charge on any atom is 0.227 e. The van der Waals surface area contributed by atoms with Crippen LogP contribution in [0.15, 0.2) is 24.3 Å². The molecule has 7 heteroatoms. The van der Waals surface area contributed by atoms with E-state index in [0.717, 1.165) is 16.3 Å². The van der Waals surface area contributed by atoms with Crippen molar-refractivity contribution in [3.63, 3.8) is 0 Å². The van der Waals surface area contributed by atoms with Crippen molar-refractivity contribution < 1.29 is 9.59 Å². The van der Waals surface area contributed by atoms with Crippen molar-refractivity contribution in [3.05, 3.63) is 34.8 Å². The SMILES string of the molecule is Cc1ccccc1N1C[C@H](c2nnc(NC(=O)CC(C)C)s2)CC1=O. The van der Waals surface area contributed by atoms with Gasteiger partial charge in [-0.3, -0.25) is 9.59 Å². The van der Waals surface area contributed by atoms with E-state index in [4.69, 9.17) is 0 Å². The highest BCUT2D eigenvalue weighted by Gasteiger charge is 2.34. The summed E-state index contributed by atoms with van der Waals surface area (Å²) in [6.07, 6.45) is 0.876. The van der Waals surface area contributed by atoms with E-state index in [1.807, 2.05) is 49.9 Å². The summed E-state index contributed by atoms with van der Waals surface area (Å²) < 4.78 is 0. The molecule has 132 valence electrons. The number of anilines is 2. The summed E-state index contributed by atoms with van der Waals surface area (Å²) in [6, 6.07) is 7.88. The van der Waals surface area contributed by atoms with Gasteiger partial charge in [-0.1, -0.05) is 43.4 Å². The third-order valence-corrected chi connectivity index (χ3v) is 5.16. The fourth-order valence-corrected chi connectivity index (χ4v) is 3.81. The molecule has 1 N–H and O–H groups in total. The molecule has 2 aromatic rings. The molecule has 25 heavy (non-hydrogen) atoms. The molecule has 0 unspecified atom stereocenters. The van der Waals surface area contributed by atoms with Crippen LogP contribution in [0.2, 0.25) is 0 Å². The largest absolute Gasteiger partial charge is 0.311 e. The number of rotatable bonds is 5. The molecule has 6 nitrogen and oxygen atoms in total. The Balaban J connectivity index is 1.69. The van der Waals surface area contributed by atoms with Crippen LogP contribution in [0, 0.1) is 12.8 Å². The molecule has 0 spiro atoms. The van der Waals surface area contributed by atoms with E-state index in [1.165, 1.54) is 11.3 Å². The standard InChI is InChI=1S/C18H22N4O2S/c1-11(2)8-15(23)19-18-21-20-17(25-18)13-9-16(24)22(10-13)14-7-5-4-6-12(14)3/h4-7,11,13H,8-10H2,1-3H3,(H,19,21,23)/t13-/m1/s1. The van der Waals surface area contributed by atoms with Crippen molar-refractivity contribution in [1.29, 1.82) is 0 Å². The lowest BCUT2D eigenvalue weighted by molar-refractivity contribution is -0.117. The maximum absolute atomic E-state index is 12.4. The molecule has 1 atom stereocenters. The Morgan fingerprint density at radius 3 is 2.84 bits per heavy atom. The van der Waals surface area contributed by atoms with Gasteiger partial charge in [0.25, 0.3) is 0 Å². The molecule has 1 aromatic heterocycles. The van der Waals surface area contributed by atoms with Crippen molar-refractivity contribution in [2.75, 3.05) is 16.8 Å². The molecule has 2 amide bonds. The monoisotopic (exact) mass is 358 g/mol. The quantitative estimate of drug-likeness (QED) is 0.889. The smallest absolute Gasteiger partial charge is 0.227 e. The molecular weight excluding hydrogens is 336 g/mol. The van der Waals surface area contributed by atoms with Crippen molar-refractivity contribution in [3.8, 4) is 0 Å². The topological polar surface area (TPSA) is 75.2 Å². The van der Waals surface area contributed by atoms with Crippen molar-refractivity contribution >= 4 is 34.0 Å². The van der Waals surface area contributed by atoms with E-state index in [9.17, 15) is 9.59 Å². The Bertz CT molecular complexity index is 787. The Hall–Kier alpha value is -2.28. The predicted molar refractivity (Wildman–Crippen MR) is 98.9 cm³/mol. The zero-order valence-corrected chi connectivity index (χ0v) is 15.5. The van der Waals surface area contributed by atoms with Gasteiger partial charge in [0, 0.05) is 31.0 Å². The number of nitrogens with one attached hydrogen (secondary N) is 1. The lowest BCUT2D eigenvalue weighted by atomic mass is 10.1. The van der Waals surface area contributed by atoms with Gasteiger partial charge >= 0.3 is 0 Å². The highest BCUT2D eigenvalue weighted by Crippen LogP contribution is 2.35. The summed E-state index contributed by atoms with van der Waals surface area (Å²) >= 11 is 1.36. The number of hydrogen-bond acceptors (Lipinski definition) is 5. The van der Waals surface area contributed by atoms with Crippen LogP contribution >= 0.6 is 11.3 Å². The van der Waals surface area contributed by atoms with E-state index >= 15 is 0 Å². The maximum atomic E-state index is 12.4. The average molecular weight is 358 g/mol. The van der Waals surface area contributed by atoms with E-state index in [-0.39, 0.29) is 17.7 Å². The predicted octanol–water partition coefficient (Wildman–Crippen LogP) is 3.35. The van der Waals surface area contributed by atoms with Gasteiger partial charge in [0.2, 0.25) is 16.9 Å². The number of aryl methyl sites for hydroxylation is 1. The third-order valence-electron chi connectivity index (χ3n) is 4.16. The minimum absolute atomic E-state index is 0.0142. The number of aromatic nitrogens is 2. The molecule has 1 aromatic carbocycles. The first-order chi connectivity index (χ1) is 11.9. The minimum Gasteiger partial charge on any atom is -0.311 e. The van der Waals surface area contributed by atoms with E-state index in [1.54, 1.807) is 0 Å². The first-order valence-corrected chi connectivity index (χ1v) is 9.25. The molecule has 0 bridgehead atoms. The number of nitrogens with zero attached hydrogens (tertiary/aromatic N) is 3. The fraction of sp³-hybridized carbons (Fsp3) is 0.444. The van der Waals surface area contributed by atoms with Crippen molar-refractivity contribution in [1.82, 2.24) is 10.2 Å². The molecule has 1 aliphatic rings. The molecular formula is C18H22N4O2S. The zero-order chi connectivity index (χ0) is 18.0. The summed E-state index contributed by atoms with van der Waals surface area (Å²) in [4.78, 5) is 26.1. The van der Waals surface area contributed by atoms with Gasteiger partial charge in [-0.2, -0.15) is 0 Å². The highest BCUT2D eigenvalue weighted by molar-refractivity contribution is 7.15. The molecule has 0 radical (unpaired) electrons. The van der Waals surface area contributed by atoms with Gasteiger partial charge in [0.05, 0.1) is 0 Å². The average Bonchev–Trinajstić information content (AvgIpc) is 3.14. The Morgan fingerprint density at radius 2 is 2.12 bits per heavy atom. The van der Waals surface area contributed by atoms with Crippen LogP contribution in [-0.2, 0) is 9.59 Å². The Labute approximate surface area is 151 Å². The van der Waals surface area contributed by atoms with Gasteiger partial charge in [-0.15, -0.1) is 10.2 Å². The zero-order valence-electron chi connectivity index (χ0n) is 14.7. The minimum atomic E-state index is -0.0539. The van der Waals surface area contributed by atoms with Crippen LogP contribution in [0.4, 0.5) is 10.8 Å². The number of hydrogen-bond donors (Lipinski definition) is 1. The lowest BCUT2D eigenvalue weighted by Crippen LogP contribution is -2.25. The van der Waals surface area contributed by atoms with Gasteiger partial charge in [0.1, 0.15) is 5.01 Å². The third kappa shape index (κ3) is 4.04. The summed E-state index contributed by atoms with van der Waals surface area (Å²) in [7, 11) is 0. The van der Waals surface area contributed by atoms with E-state index in [2.05, 4.69) is 15.5 Å². The summed E-state index contributed by atoms with van der Waals surface area (Å²) in [5.74, 6) is 0.351. The second-order valence-corrected chi connectivity index (χ2v) is 7.79. The molecule has 1 saturated heterocycles. The van der Waals surface area contributed by atoms with E-state index in [0.29, 0.717) is 30.4 Å². The number of carbonyl (C=O) groups is 2. The summed E-state index contributed by atoms with van der Waals surface area (Å²) in [5.41, 5.74) is 2.03. The first-order valence-electron chi connectivity index (χ1n) is 8.43. The second-order valence-electron chi connectivity index (χ2n) is 6.78. The van der Waals surface area contributed by atoms with Gasteiger partial charge in [-0.05, 0) is 24.5 Å². The Morgan fingerprint density at radius 1 is 1.36 bits per heavy atom. The van der Waals surface area contributed by atoms with Crippen LogP contribution in [0.1, 0.15) is 43.2 Å². The first kappa shape index (κ1) is 17.5. The molecule has 1 aliphatic heterocycles. The lowest BCUT2D eigenvalue weighted by Gasteiger charge is -2.18. The van der Waals surface area contributed by atoms with Crippen LogP contribution in [-0.4, -0.2) is 28.6 Å². The van der Waals surface area contributed by atoms with Crippen LogP contribution in [0.25, 0.3) is 0 Å². The van der Waals surface area contributed by atoms with Gasteiger partial charge < -0.3 is 10.2 Å². The summed E-state index contributed by atoms with van der Waals surface area (Å²) in [5, 5.41) is 12.3. The molecule has 2 heterocycles. The summed E-state index contributed by atoms with van der Waals surface area (Å²) in [6.45, 7) is 6.59. The van der Waals surface area contributed by atoms with E-state index < -0.39 is 0 Å². The van der Waals surface area contributed by atoms with Gasteiger partial charge in [-0.25, -0.2) is 0 Å². The second kappa shape index (κ2) is 7.31. The molecule has 0 aliphatic carbocycles. The number of benzene rings is 1. The Kier molecular flexibility index (Phi) is 5.13. The molecule has 0 saturated carbocycles. The highest BCUT2D eigenvalue weighted by atomic mass is 32.1. The fourth-order valence-electron chi connectivity index (χ4n) is 2.96. The molecule has 3 rings (SSSR count). The number of carbonyl (C=O) groups excluding carboxylic acids is 2. The van der Waals surface area contributed by atoms with Gasteiger partial charge in [0.15, 0.2) is 0 Å². The van der Waals surface area contributed by atoms with Crippen molar-refractivity contribution in [2.24, 2.45) is 5.92 Å².